The number of benzene rings is 2. The Morgan fingerprint density at radius 1 is 1.19 bits per heavy atom. The van der Waals surface area contributed by atoms with Crippen molar-refractivity contribution in [3.05, 3.63) is 95.1 Å². The minimum atomic E-state index is -0.232. The Kier molecular flexibility index (Phi) is 6.86. The SMILES string of the molecule is CCCC(C[C@H]1CCC2=C1[C@@H](C)C1=CNN(c3ccc(F)cc3)C1=C2)NC(=O)N(C)c1ccccc1. The zero-order chi connectivity index (χ0) is 25.2. The third-order valence-corrected chi connectivity index (χ3v) is 7.77. The number of rotatable bonds is 7. The maximum atomic E-state index is 13.5. The summed E-state index contributed by atoms with van der Waals surface area (Å²) in [5, 5.41) is 5.36. The van der Waals surface area contributed by atoms with Crippen molar-refractivity contribution in [3.63, 3.8) is 0 Å². The number of anilines is 2. The summed E-state index contributed by atoms with van der Waals surface area (Å²) in [4.78, 5) is 14.7. The number of carbonyl (C=O) groups excluding carboxylic acids is 1. The molecule has 2 aliphatic carbocycles. The molecule has 0 spiro atoms. The summed E-state index contributed by atoms with van der Waals surface area (Å²) < 4.78 is 13.5. The maximum absolute atomic E-state index is 13.5. The smallest absolute Gasteiger partial charge is 0.321 e. The lowest BCUT2D eigenvalue weighted by Gasteiger charge is -2.31. The summed E-state index contributed by atoms with van der Waals surface area (Å²) in [6.45, 7) is 4.47. The summed E-state index contributed by atoms with van der Waals surface area (Å²) in [6.07, 6.45) is 9.50. The number of hydrogen-bond acceptors (Lipinski definition) is 3. The van der Waals surface area contributed by atoms with Crippen molar-refractivity contribution in [3.8, 4) is 0 Å². The van der Waals surface area contributed by atoms with Gasteiger partial charge in [0.2, 0.25) is 0 Å². The number of urea groups is 1. The van der Waals surface area contributed by atoms with E-state index in [-0.39, 0.29) is 17.9 Å². The van der Waals surface area contributed by atoms with Gasteiger partial charge in [-0.15, -0.1) is 0 Å². The molecule has 0 saturated carbocycles. The molecule has 6 heteroatoms. The van der Waals surface area contributed by atoms with Crippen LogP contribution in [0.3, 0.4) is 0 Å². The lowest BCUT2D eigenvalue weighted by Crippen LogP contribution is -2.44. The van der Waals surface area contributed by atoms with Crippen LogP contribution < -0.4 is 20.7 Å². The highest BCUT2D eigenvalue weighted by molar-refractivity contribution is 5.91. The first-order valence-electron chi connectivity index (χ1n) is 13.0. The molecule has 2 N–H and O–H groups in total. The average Bonchev–Trinajstić information content (AvgIpc) is 3.50. The van der Waals surface area contributed by atoms with Crippen molar-refractivity contribution in [2.75, 3.05) is 17.0 Å². The van der Waals surface area contributed by atoms with E-state index < -0.39 is 0 Å². The van der Waals surface area contributed by atoms with Crippen molar-refractivity contribution in [2.24, 2.45) is 11.8 Å². The molecule has 2 amide bonds. The molecule has 3 aliphatic rings. The molecular weight excluding hydrogens is 451 g/mol. The van der Waals surface area contributed by atoms with Gasteiger partial charge in [-0.05, 0) is 79.6 Å². The van der Waals surface area contributed by atoms with E-state index >= 15 is 0 Å². The molecule has 5 nitrogen and oxygen atoms in total. The van der Waals surface area contributed by atoms with Gasteiger partial charge in [0, 0.05) is 36.5 Å². The minimum absolute atomic E-state index is 0.0524. The molecular formula is C30H35FN4O. The Balaban J connectivity index is 1.32. The Morgan fingerprint density at radius 3 is 2.67 bits per heavy atom. The van der Waals surface area contributed by atoms with Crippen LogP contribution in [0.15, 0.2) is 89.3 Å². The number of halogens is 1. The first kappa shape index (κ1) is 24.2. The molecule has 2 aromatic carbocycles. The van der Waals surface area contributed by atoms with Crippen LogP contribution in [0.2, 0.25) is 0 Å². The summed E-state index contributed by atoms with van der Waals surface area (Å²) in [5.41, 5.74) is 10.5. The van der Waals surface area contributed by atoms with Crippen LogP contribution >= 0.6 is 0 Å². The van der Waals surface area contributed by atoms with Gasteiger partial charge in [0.15, 0.2) is 0 Å². The molecule has 0 fully saturated rings. The Labute approximate surface area is 213 Å². The Morgan fingerprint density at radius 2 is 1.94 bits per heavy atom. The van der Waals surface area contributed by atoms with E-state index in [0.717, 1.165) is 49.2 Å². The summed E-state index contributed by atoms with van der Waals surface area (Å²) >= 11 is 0. The second-order valence-corrected chi connectivity index (χ2v) is 10.1. The van der Waals surface area contributed by atoms with E-state index in [2.05, 4.69) is 36.9 Å². The molecule has 5 rings (SSSR count). The average molecular weight is 487 g/mol. The number of hydrazine groups is 1. The maximum Gasteiger partial charge on any atom is 0.321 e. The number of hydrogen-bond donors (Lipinski definition) is 2. The lowest BCUT2D eigenvalue weighted by atomic mass is 9.78. The zero-order valence-corrected chi connectivity index (χ0v) is 21.3. The van der Waals surface area contributed by atoms with E-state index in [9.17, 15) is 9.18 Å². The van der Waals surface area contributed by atoms with Crippen molar-refractivity contribution in [1.29, 1.82) is 0 Å². The molecule has 2 aromatic rings. The van der Waals surface area contributed by atoms with Crippen LogP contribution in [0.5, 0.6) is 0 Å². The van der Waals surface area contributed by atoms with Crippen molar-refractivity contribution < 1.29 is 9.18 Å². The van der Waals surface area contributed by atoms with E-state index in [4.69, 9.17) is 0 Å². The second kappa shape index (κ2) is 10.2. The number of amides is 2. The fourth-order valence-electron chi connectivity index (χ4n) is 5.94. The van der Waals surface area contributed by atoms with Crippen LogP contribution in [-0.4, -0.2) is 19.1 Å². The van der Waals surface area contributed by atoms with Gasteiger partial charge in [0.25, 0.3) is 0 Å². The Hall–Kier alpha value is -3.54. The van der Waals surface area contributed by atoms with Crippen LogP contribution in [-0.2, 0) is 0 Å². The predicted octanol–water partition coefficient (Wildman–Crippen LogP) is 6.68. The van der Waals surface area contributed by atoms with Gasteiger partial charge < -0.3 is 10.7 Å². The molecule has 0 bridgehead atoms. The zero-order valence-electron chi connectivity index (χ0n) is 21.3. The van der Waals surface area contributed by atoms with E-state index in [0.29, 0.717) is 11.8 Å². The monoisotopic (exact) mass is 486 g/mol. The number of carbonyl (C=O) groups is 1. The van der Waals surface area contributed by atoms with E-state index in [1.165, 1.54) is 28.9 Å². The predicted molar refractivity (Wildman–Crippen MR) is 144 cm³/mol. The normalized spacial score (nSPS) is 21.3. The topological polar surface area (TPSA) is 47.6 Å². The first-order valence-corrected chi connectivity index (χ1v) is 13.0. The van der Waals surface area contributed by atoms with E-state index in [1.54, 1.807) is 17.0 Å². The second-order valence-electron chi connectivity index (χ2n) is 10.1. The number of nitrogens with one attached hydrogen (secondary N) is 2. The van der Waals surface area contributed by atoms with Gasteiger partial charge in [-0.3, -0.25) is 9.91 Å². The highest BCUT2D eigenvalue weighted by Gasteiger charge is 2.38. The first-order chi connectivity index (χ1) is 17.5. The van der Waals surface area contributed by atoms with Gasteiger partial charge in [0.1, 0.15) is 5.82 Å². The van der Waals surface area contributed by atoms with Crippen molar-refractivity contribution in [2.45, 2.75) is 52.0 Å². The third kappa shape index (κ3) is 4.64. The highest BCUT2D eigenvalue weighted by Crippen LogP contribution is 2.49. The number of allylic oxidation sites excluding steroid dienone is 4. The Bertz CT molecular complexity index is 1200. The third-order valence-electron chi connectivity index (χ3n) is 7.77. The number of fused-ring (bicyclic) bond motifs is 1. The minimum Gasteiger partial charge on any atom is -0.335 e. The molecule has 3 atom stereocenters. The van der Waals surface area contributed by atoms with Gasteiger partial charge in [-0.25, -0.2) is 9.18 Å². The fourth-order valence-corrected chi connectivity index (χ4v) is 5.94. The van der Waals surface area contributed by atoms with Crippen molar-refractivity contribution >= 4 is 17.4 Å². The summed E-state index contributed by atoms with van der Waals surface area (Å²) in [6, 6.07) is 16.4. The molecule has 0 saturated heterocycles. The number of nitrogens with zero attached hydrogens (tertiary/aromatic N) is 2. The standard InChI is InChI=1S/C30H35FN4O/c1-4-8-24(33-30(36)34(3)25-9-6-5-7-10-25)17-21-11-12-22-18-28-27(20(2)29(21)22)19-32-35(28)26-15-13-23(31)14-16-26/h5-7,9-10,13-16,18-21,24,32H,4,8,11-12,17H2,1-3H3,(H,33,36)/t20-,21+,24?/m0/s1. The van der Waals surface area contributed by atoms with Crippen LogP contribution in [0.25, 0.3) is 0 Å². The van der Waals surface area contributed by atoms with Gasteiger partial charge in [0.05, 0.1) is 11.4 Å². The fraction of sp³-hybridized carbons (Fsp3) is 0.367. The summed E-state index contributed by atoms with van der Waals surface area (Å²) in [7, 11) is 1.83. The van der Waals surface area contributed by atoms with Crippen molar-refractivity contribution in [1.82, 2.24) is 10.7 Å². The van der Waals surface area contributed by atoms with Gasteiger partial charge >= 0.3 is 6.03 Å². The van der Waals surface area contributed by atoms with Crippen LogP contribution in [0.1, 0.15) is 46.0 Å². The molecule has 0 aromatic heterocycles. The molecule has 1 heterocycles. The van der Waals surface area contributed by atoms with Gasteiger partial charge in [-0.2, -0.15) is 0 Å². The molecule has 188 valence electrons. The molecule has 1 unspecified atom stereocenters. The quantitative estimate of drug-likeness (QED) is 0.459. The lowest BCUT2D eigenvalue weighted by molar-refractivity contribution is 0.240. The highest BCUT2D eigenvalue weighted by atomic mass is 19.1. The molecule has 1 aliphatic heterocycles. The largest absolute Gasteiger partial charge is 0.335 e. The summed E-state index contributed by atoms with van der Waals surface area (Å²) in [5.74, 6) is 0.521. The van der Waals surface area contributed by atoms with Crippen LogP contribution in [0, 0.1) is 17.7 Å². The molecule has 36 heavy (non-hydrogen) atoms. The van der Waals surface area contributed by atoms with Gasteiger partial charge in [-0.1, -0.05) is 44.0 Å². The number of para-hydroxylation sites is 1. The van der Waals surface area contributed by atoms with E-state index in [1.807, 2.05) is 42.4 Å². The molecule has 0 radical (unpaired) electrons. The van der Waals surface area contributed by atoms with Crippen LogP contribution in [0.4, 0.5) is 20.6 Å².